The van der Waals surface area contributed by atoms with E-state index in [1.165, 1.54) is 43.2 Å². The normalized spacial score (nSPS) is 18.6. The summed E-state index contributed by atoms with van der Waals surface area (Å²) in [6.07, 6.45) is 2.14. The van der Waals surface area contributed by atoms with Crippen LogP contribution in [0.5, 0.6) is 0 Å². The van der Waals surface area contributed by atoms with Crippen molar-refractivity contribution in [3.8, 4) is 0 Å². The molecule has 0 aliphatic carbocycles. The van der Waals surface area contributed by atoms with Gasteiger partial charge in [-0.05, 0) is 38.1 Å². The maximum atomic E-state index is 15.3. The lowest BCUT2D eigenvalue weighted by Gasteiger charge is -2.37. The van der Waals surface area contributed by atoms with Gasteiger partial charge in [-0.25, -0.2) is 18.0 Å². The summed E-state index contributed by atoms with van der Waals surface area (Å²) in [6, 6.07) is 0.871. The first kappa shape index (κ1) is 22.0. The summed E-state index contributed by atoms with van der Waals surface area (Å²) in [5.41, 5.74) is 10.7. The number of allylic oxidation sites excluding steroid dienone is 1. The first-order chi connectivity index (χ1) is 13.2. The Labute approximate surface area is 166 Å². The van der Waals surface area contributed by atoms with E-state index >= 15 is 4.39 Å². The lowest BCUT2D eigenvalue weighted by Crippen LogP contribution is -2.46. The van der Waals surface area contributed by atoms with E-state index < -0.39 is 11.4 Å². The smallest absolute Gasteiger partial charge is 0.321 e. The van der Waals surface area contributed by atoms with Gasteiger partial charge in [0.1, 0.15) is 5.69 Å². The van der Waals surface area contributed by atoms with Crippen molar-refractivity contribution in [2.24, 2.45) is 24.4 Å². The lowest BCUT2D eigenvalue weighted by molar-refractivity contribution is 0.120. The van der Waals surface area contributed by atoms with Crippen LogP contribution in [0, 0.1) is 5.92 Å². The predicted octanol–water partition coefficient (Wildman–Crippen LogP) is 2.83. The average Bonchev–Trinajstić information content (AvgIpc) is 3.01. The Morgan fingerprint density at radius 1 is 1.43 bits per heavy atom. The van der Waals surface area contributed by atoms with Crippen LogP contribution in [-0.4, -0.2) is 38.8 Å². The zero-order chi connectivity index (χ0) is 20.9. The van der Waals surface area contributed by atoms with Gasteiger partial charge in [-0.2, -0.15) is 5.10 Å². The van der Waals surface area contributed by atoms with Crippen molar-refractivity contribution >= 4 is 17.8 Å². The SMILES string of the molecule is Cn1nc(C(F)F)cc1SC(C)(F)C1CCN(C(=O)NC(/C=C\N)=C/N)CC1. The molecule has 0 aromatic carbocycles. The molecule has 28 heavy (non-hydrogen) atoms. The number of piperidine rings is 1. The van der Waals surface area contributed by atoms with E-state index in [0.29, 0.717) is 36.7 Å². The average molecular weight is 418 g/mol. The van der Waals surface area contributed by atoms with Crippen molar-refractivity contribution in [2.75, 3.05) is 13.1 Å². The molecule has 2 rings (SSSR count). The second-order valence-electron chi connectivity index (χ2n) is 6.59. The number of urea groups is 1. The standard InChI is InChI=1S/C17H25F3N6OS/c1-17(20,28-14-9-13(15(18)19)24-25(14)2)11-4-7-26(8-5-11)16(27)23-12(10-22)3-6-21/h3,6,9-11,15H,4-5,7-8,21-22H2,1-2H3,(H,23,27)/b6-3-,12-10+. The number of alkyl halides is 3. The number of thioether (sulfide) groups is 1. The third kappa shape index (κ3) is 5.37. The van der Waals surface area contributed by atoms with Crippen LogP contribution < -0.4 is 16.8 Å². The Morgan fingerprint density at radius 2 is 2.07 bits per heavy atom. The van der Waals surface area contributed by atoms with Crippen LogP contribution in [0.1, 0.15) is 31.9 Å². The summed E-state index contributed by atoms with van der Waals surface area (Å²) >= 11 is 0.880. The molecule has 1 atom stereocenters. The second kappa shape index (κ2) is 9.26. The van der Waals surface area contributed by atoms with Gasteiger partial charge in [-0.1, -0.05) is 11.8 Å². The van der Waals surface area contributed by atoms with E-state index in [1.54, 1.807) is 4.90 Å². The highest BCUT2D eigenvalue weighted by atomic mass is 32.2. The van der Waals surface area contributed by atoms with Gasteiger partial charge >= 0.3 is 6.03 Å². The van der Waals surface area contributed by atoms with Crippen molar-refractivity contribution in [3.05, 3.63) is 35.9 Å². The van der Waals surface area contributed by atoms with E-state index in [-0.39, 0.29) is 17.6 Å². The summed E-state index contributed by atoms with van der Waals surface area (Å²) in [5, 5.41) is 5.00. The number of likely N-dealkylation sites (tertiary alicyclic amines) is 1. The molecule has 1 unspecified atom stereocenters. The third-order valence-corrected chi connectivity index (χ3v) is 5.93. The molecule has 0 saturated carbocycles. The number of aromatic nitrogens is 2. The summed E-state index contributed by atoms with van der Waals surface area (Å²) in [5.74, 6) is -0.333. The van der Waals surface area contributed by atoms with Crippen molar-refractivity contribution in [2.45, 2.75) is 36.2 Å². The molecule has 0 spiro atoms. The highest BCUT2D eigenvalue weighted by Gasteiger charge is 2.39. The molecular formula is C17H25F3N6OS. The van der Waals surface area contributed by atoms with Gasteiger partial charge in [0.15, 0.2) is 5.00 Å². The summed E-state index contributed by atoms with van der Waals surface area (Å²) < 4.78 is 42.1. The molecule has 11 heteroatoms. The minimum atomic E-state index is -2.70. The predicted molar refractivity (Wildman–Crippen MR) is 102 cm³/mol. The molecule has 7 nitrogen and oxygen atoms in total. The Bertz CT molecular complexity index is 741. The molecule has 1 saturated heterocycles. The molecule has 2 amide bonds. The van der Waals surface area contributed by atoms with Gasteiger partial charge in [0.05, 0.1) is 10.7 Å². The zero-order valence-corrected chi connectivity index (χ0v) is 16.6. The second-order valence-corrected chi connectivity index (χ2v) is 8.01. The molecule has 0 bridgehead atoms. The summed E-state index contributed by atoms with van der Waals surface area (Å²) in [6.45, 7) is 2.18. The molecule has 1 aliphatic heterocycles. The number of hydrogen-bond acceptors (Lipinski definition) is 5. The van der Waals surface area contributed by atoms with Crippen molar-refractivity contribution in [1.29, 1.82) is 0 Å². The summed E-state index contributed by atoms with van der Waals surface area (Å²) in [4.78, 5) is 13.8. The number of carbonyl (C=O) groups excluding carboxylic acids is 1. The first-order valence-corrected chi connectivity index (χ1v) is 9.55. The molecule has 0 radical (unpaired) electrons. The number of halogens is 3. The van der Waals surface area contributed by atoms with E-state index in [9.17, 15) is 13.6 Å². The number of nitrogens with zero attached hydrogens (tertiary/aromatic N) is 3. The van der Waals surface area contributed by atoms with Crippen LogP contribution in [0.15, 0.2) is 35.3 Å². The summed E-state index contributed by atoms with van der Waals surface area (Å²) in [7, 11) is 1.51. The Morgan fingerprint density at radius 3 is 2.57 bits per heavy atom. The highest BCUT2D eigenvalue weighted by molar-refractivity contribution is 8.00. The minimum absolute atomic E-state index is 0.333. The van der Waals surface area contributed by atoms with E-state index in [4.69, 9.17) is 11.5 Å². The van der Waals surface area contributed by atoms with Crippen molar-refractivity contribution in [1.82, 2.24) is 20.0 Å². The largest absolute Gasteiger partial charge is 0.405 e. The van der Waals surface area contributed by atoms with Crippen LogP contribution in [0.25, 0.3) is 0 Å². The number of amides is 2. The fraction of sp³-hybridized carbons (Fsp3) is 0.529. The number of rotatable bonds is 6. The van der Waals surface area contributed by atoms with Gasteiger partial charge in [-0.3, -0.25) is 4.68 Å². The Balaban J connectivity index is 1.95. The Kier molecular flexibility index (Phi) is 7.28. The number of hydrogen-bond donors (Lipinski definition) is 3. The number of carbonyl (C=O) groups is 1. The molecular weight excluding hydrogens is 393 g/mol. The van der Waals surface area contributed by atoms with Gasteiger partial charge in [0.25, 0.3) is 6.43 Å². The molecule has 1 fully saturated rings. The lowest BCUT2D eigenvalue weighted by atomic mass is 9.92. The molecule has 2 heterocycles. The minimum Gasteiger partial charge on any atom is -0.405 e. The number of aryl methyl sites for hydroxylation is 1. The van der Waals surface area contributed by atoms with Crippen LogP contribution in [0.4, 0.5) is 18.0 Å². The fourth-order valence-corrected chi connectivity index (χ4v) is 4.17. The highest BCUT2D eigenvalue weighted by Crippen LogP contribution is 2.44. The molecule has 5 N–H and O–H groups in total. The fourth-order valence-electron chi connectivity index (χ4n) is 3.00. The monoisotopic (exact) mass is 418 g/mol. The van der Waals surface area contributed by atoms with E-state index in [0.717, 1.165) is 11.8 Å². The van der Waals surface area contributed by atoms with Gasteiger partial charge < -0.3 is 21.7 Å². The maximum Gasteiger partial charge on any atom is 0.321 e. The van der Waals surface area contributed by atoms with Gasteiger partial charge in [-0.15, -0.1) is 0 Å². The van der Waals surface area contributed by atoms with Crippen molar-refractivity contribution in [3.63, 3.8) is 0 Å². The third-order valence-electron chi connectivity index (χ3n) is 4.60. The number of nitrogens with one attached hydrogen (secondary N) is 1. The van der Waals surface area contributed by atoms with E-state index in [2.05, 4.69) is 10.4 Å². The van der Waals surface area contributed by atoms with Crippen LogP contribution in [-0.2, 0) is 7.05 Å². The van der Waals surface area contributed by atoms with Crippen LogP contribution in [0.3, 0.4) is 0 Å². The number of nitrogens with two attached hydrogens (primary N) is 2. The zero-order valence-electron chi connectivity index (χ0n) is 15.7. The van der Waals surface area contributed by atoms with Crippen LogP contribution >= 0.6 is 11.8 Å². The maximum absolute atomic E-state index is 15.3. The topological polar surface area (TPSA) is 102 Å². The first-order valence-electron chi connectivity index (χ1n) is 8.74. The molecule has 156 valence electrons. The van der Waals surface area contributed by atoms with Crippen LogP contribution in [0.2, 0.25) is 0 Å². The van der Waals surface area contributed by atoms with E-state index in [1.807, 2.05) is 0 Å². The van der Waals surface area contributed by atoms with Gasteiger partial charge in [0.2, 0.25) is 0 Å². The molecule has 1 aliphatic rings. The van der Waals surface area contributed by atoms with Crippen molar-refractivity contribution < 1.29 is 18.0 Å². The quantitative estimate of drug-likeness (QED) is 0.487. The van der Waals surface area contributed by atoms with Gasteiger partial charge in [0, 0.05) is 32.3 Å². The molecule has 1 aromatic rings. The Hall–Kier alpha value is -2.30. The molecule has 1 aromatic heterocycles.